The van der Waals surface area contributed by atoms with Crippen molar-refractivity contribution in [2.75, 3.05) is 31.7 Å². The molecule has 22 heavy (non-hydrogen) atoms. The summed E-state index contributed by atoms with van der Waals surface area (Å²) < 4.78 is 11.2. The number of fused-ring (bicyclic) bond motifs is 1. The second-order valence-electron chi connectivity index (χ2n) is 5.70. The van der Waals surface area contributed by atoms with Gasteiger partial charge in [-0.3, -0.25) is 4.99 Å². The number of anilines is 1. The first-order valence-electron chi connectivity index (χ1n) is 7.28. The summed E-state index contributed by atoms with van der Waals surface area (Å²) in [5.74, 6) is 1.83. The van der Waals surface area contributed by atoms with E-state index in [0.29, 0.717) is 25.7 Å². The van der Waals surface area contributed by atoms with Gasteiger partial charge < -0.3 is 25.6 Å². The van der Waals surface area contributed by atoms with E-state index in [2.05, 4.69) is 10.3 Å². The number of ether oxygens (including phenoxy) is 2. The molecule has 0 radical (unpaired) electrons. The quantitative estimate of drug-likeness (QED) is 0.395. The van der Waals surface area contributed by atoms with Gasteiger partial charge in [0.2, 0.25) is 0 Å². The highest BCUT2D eigenvalue weighted by Crippen LogP contribution is 2.45. The first-order chi connectivity index (χ1) is 10.2. The lowest BCUT2D eigenvalue weighted by Crippen LogP contribution is -2.24. The lowest BCUT2D eigenvalue weighted by atomic mass is 10.1. The number of nitrogens with zero attached hydrogens (tertiary/aromatic N) is 1. The number of nitrogens with two attached hydrogens (primary N) is 1. The number of aliphatic hydroxyl groups is 1. The van der Waals surface area contributed by atoms with Crippen molar-refractivity contribution in [3.8, 4) is 11.5 Å². The van der Waals surface area contributed by atoms with Crippen LogP contribution in [-0.4, -0.2) is 37.4 Å². The third-order valence-corrected chi connectivity index (χ3v) is 3.90. The molecular formula is C15H22IN3O3. The van der Waals surface area contributed by atoms with Gasteiger partial charge >= 0.3 is 0 Å². The summed E-state index contributed by atoms with van der Waals surface area (Å²) in [7, 11) is 0. The van der Waals surface area contributed by atoms with E-state index in [1.165, 1.54) is 0 Å². The van der Waals surface area contributed by atoms with Gasteiger partial charge in [0, 0.05) is 23.6 Å². The van der Waals surface area contributed by atoms with Crippen LogP contribution in [-0.2, 0) is 0 Å². The van der Waals surface area contributed by atoms with E-state index in [-0.39, 0.29) is 36.0 Å². The van der Waals surface area contributed by atoms with E-state index in [9.17, 15) is 5.11 Å². The zero-order valence-corrected chi connectivity index (χ0v) is 14.7. The van der Waals surface area contributed by atoms with Gasteiger partial charge in [-0.1, -0.05) is 0 Å². The van der Waals surface area contributed by atoms with Crippen molar-refractivity contribution in [1.82, 2.24) is 0 Å². The third kappa shape index (κ3) is 4.16. The Hall–Kier alpha value is -1.22. The zero-order chi connectivity index (χ0) is 14.7. The monoisotopic (exact) mass is 419 g/mol. The van der Waals surface area contributed by atoms with Gasteiger partial charge in [-0.05, 0) is 25.0 Å². The first kappa shape index (κ1) is 17.1. The summed E-state index contributed by atoms with van der Waals surface area (Å²) in [5.41, 5.74) is 6.67. The Balaban J connectivity index is 0.00000176. The molecule has 1 aromatic rings. The van der Waals surface area contributed by atoms with Crippen LogP contribution in [0.25, 0.3) is 0 Å². The summed E-state index contributed by atoms with van der Waals surface area (Å²) in [6.07, 6.45) is 2.92. The van der Waals surface area contributed by atoms with Gasteiger partial charge in [-0.2, -0.15) is 0 Å². The average Bonchev–Trinajstić information content (AvgIpc) is 3.29. The van der Waals surface area contributed by atoms with Gasteiger partial charge in [-0.25, -0.2) is 0 Å². The summed E-state index contributed by atoms with van der Waals surface area (Å²) in [5, 5.41) is 12.3. The molecule has 0 aromatic heterocycles. The fourth-order valence-corrected chi connectivity index (χ4v) is 2.22. The number of hydrogen-bond acceptors (Lipinski definition) is 4. The Labute approximate surface area is 147 Å². The maximum atomic E-state index is 9.26. The van der Waals surface area contributed by atoms with Gasteiger partial charge in [0.1, 0.15) is 0 Å². The van der Waals surface area contributed by atoms with E-state index in [4.69, 9.17) is 15.2 Å². The Morgan fingerprint density at radius 2 is 2.00 bits per heavy atom. The number of hydrogen-bond donors (Lipinski definition) is 3. The van der Waals surface area contributed by atoms with Crippen molar-refractivity contribution in [1.29, 1.82) is 0 Å². The van der Waals surface area contributed by atoms with Crippen molar-refractivity contribution in [2.24, 2.45) is 16.1 Å². The summed E-state index contributed by atoms with van der Waals surface area (Å²) in [6.45, 7) is 2.06. The molecule has 7 heteroatoms. The number of aliphatic imine (C=N–C) groups is 1. The van der Waals surface area contributed by atoms with Crippen LogP contribution in [0.4, 0.5) is 5.69 Å². The highest BCUT2D eigenvalue weighted by molar-refractivity contribution is 14.0. The molecule has 6 nitrogen and oxygen atoms in total. The Morgan fingerprint density at radius 3 is 2.68 bits per heavy atom. The molecule has 4 N–H and O–H groups in total. The molecule has 0 unspecified atom stereocenters. The molecule has 1 saturated carbocycles. The molecule has 1 aromatic carbocycles. The number of guanidine groups is 1. The minimum atomic E-state index is -0.0307. The maximum absolute atomic E-state index is 9.26. The summed E-state index contributed by atoms with van der Waals surface area (Å²) >= 11 is 0. The van der Waals surface area contributed by atoms with Crippen LogP contribution in [0.15, 0.2) is 23.2 Å². The van der Waals surface area contributed by atoms with Crippen LogP contribution in [0, 0.1) is 5.41 Å². The molecule has 1 fully saturated rings. The lowest BCUT2D eigenvalue weighted by molar-refractivity contribution is 0.217. The van der Waals surface area contributed by atoms with E-state index in [1.54, 1.807) is 0 Å². The molecule has 2 aliphatic rings. The van der Waals surface area contributed by atoms with Crippen molar-refractivity contribution < 1.29 is 14.6 Å². The molecule has 1 heterocycles. The Morgan fingerprint density at radius 1 is 1.27 bits per heavy atom. The molecule has 0 saturated heterocycles. The molecule has 0 amide bonds. The van der Waals surface area contributed by atoms with Crippen LogP contribution >= 0.6 is 24.0 Å². The number of rotatable bonds is 4. The Kier molecular flexibility index (Phi) is 5.74. The molecule has 3 rings (SSSR count). The summed E-state index contributed by atoms with van der Waals surface area (Å²) in [4.78, 5) is 4.31. The van der Waals surface area contributed by atoms with E-state index < -0.39 is 0 Å². The predicted octanol–water partition coefficient (Wildman–Crippen LogP) is 1.97. The number of nitrogens with one attached hydrogen (secondary N) is 1. The van der Waals surface area contributed by atoms with Crippen LogP contribution in [0.2, 0.25) is 0 Å². The molecule has 0 bridgehead atoms. The van der Waals surface area contributed by atoms with E-state index in [1.807, 2.05) is 18.2 Å². The fourth-order valence-electron chi connectivity index (χ4n) is 2.22. The molecule has 0 spiro atoms. The van der Waals surface area contributed by atoms with Gasteiger partial charge in [-0.15, -0.1) is 24.0 Å². The second kappa shape index (κ2) is 7.36. The van der Waals surface area contributed by atoms with Crippen molar-refractivity contribution >= 4 is 35.6 Å². The van der Waals surface area contributed by atoms with E-state index in [0.717, 1.165) is 36.4 Å². The topological polar surface area (TPSA) is 89.1 Å². The second-order valence-corrected chi connectivity index (χ2v) is 5.70. The SMILES string of the molecule is I.NC(=NCC1(CO)CC1)Nc1ccc2c(c1)OCCCO2. The van der Waals surface area contributed by atoms with Crippen LogP contribution < -0.4 is 20.5 Å². The Bertz CT molecular complexity index is 547. The lowest BCUT2D eigenvalue weighted by Gasteiger charge is -2.12. The minimum Gasteiger partial charge on any atom is -0.490 e. The smallest absolute Gasteiger partial charge is 0.193 e. The highest BCUT2D eigenvalue weighted by atomic mass is 127. The number of benzene rings is 1. The standard InChI is InChI=1S/C15H21N3O3.HI/c16-14(17-9-15(10-19)4-5-15)18-11-2-3-12-13(8-11)21-7-1-6-20-12;/h2-3,8,19H,1,4-7,9-10H2,(H3,16,17,18);1H. The van der Waals surface area contributed by atoms with Crippen LogP contribution in [0.5, 0.6) is 11.5 Å². The normalized spacial score (nSPS) is 18.9. The van der Waals surface area contributed by atoms with Gasteiger partial charge in [0.25, 0.3) is 0 Å². The van der Waals surface area contributed by atoms with Crippen molar-refractivity contribution in [3.05, 3.63) is 18.2 Å². The highest BCUT2D eigenvalue weighted by Gasteiger charge is 2.41. The largest absolute Gasteiger partial charge is 0.490 e. The zero-order valence-electron chi connectivity index (χ0n) is 12.4. The number of halogens is 1. The predicted molar refractivity (Wildman–Crippen MR) is 96.3 cm³/mol. The average molecular weight is 419 g/mol. The minimum absolute atomic E-state index is 0. The van der Waals surface area contributed by atoms with Crippen LogP contribution in [0.3, 0.4) is 0 Å². The first-order valence-corrected chi connectivity index (χ1v) is 7.28. The van der Waals surface area contributed by atoms with Crippen molar-refractivity contribution in [3.63, 3.8) is 0 Å². The molecular weight excluding hydrogens is 397 g/mol. The molecule has 1 aliphatic carbocycles. The van der Waals surface area contributed by atoms with Gasteiger partial charge in [0.05, 0.1) is 26.4 Å². The van der Waals surface area contributed by atoms with Gasteiger partial charge in [0.15, 0.2) is 17.5 Å². The molecule has 1 aliphatic heterocycles. The molecule has 122 valence electrons. The fraction of sp³-hybridized carbons (Fsp3) is 0.533. The maximum Gasteiger partial charge on any atom is 0.193 e. The van der Waals surface area contributed by atoms with E-state index >= 15 is 0 Å². The number of aliphatic hydroxyl groups excluding tert-OH is 1. The van der Waals surface area contributed by atoms with Crippen molar-refractivity contribution in [2.45, 2.75) is 19.3 Å². The summed E-state index contributed by atoms with van der Waals surface area (Å²) in [6, 6.07) is 5.61. The molecule has 0 atom stereocenters. The van der Waals surface area contributed by atoms with Crippen LogP contribution in [0.1, 0.15) is 19.3 Å². The third-order valence-electron chi connectivity index (χ3n) is 3.90.